The fourth-order valence-corrected chi connectivity index (χ4v) is 3.71. The van der Waals surface area contributed by atoms with E-state index in [9.17, 15) is 14.4 Å². The topological polar surface area (TPSA) is 66.5 Å². The molecule has 1 heterocycles. The first-order chi connectivity index (χ1) is 13.2. The Bertz CT molecular complexity index is 786. The second-order valence-electron chi connectivity index (χ2n) is 8.66. The van der Waals surface area contributed by atoms with E-state index in [0.717, 1.165) is 25.7 Å². The van der Waals surface area contributed by atoms with Crippen LogP contribution in [0.2, 0.25) is 0 Å². The first kappa shape index (κ1) is 20.5. The summed E-state index contributed by atoms with van der Waals surface area (Å²) in [6, 6.07) is 4.80. The molecular weight excluding hydrogens is 359 g/mol. The third kappa shape index (κ3) is 4.26. The largest absolute Gasteiger partial charge is 0.345 e. The molecule has 1 atom stereocenters. The summed E-state index contributed by atoms with van der Waals surface area (Å²) < 4.78 is 15.1. The number of carbonyl (C=O) groups is 3. The lowest BCUT2D eigenvalue weighted by Gasteiger charge is -2.35. The van der Waals surface area contributed by atoms with Crippen molar-refractivity contribution in [3.63, 3.8) is 0 Å². The van der Waals surface area contributed by atoms with Gasteiger partial charge in [-0.05, 0) is 37.3 Å². The Kier molecular flexibility index (Phi) is 5.87. The van der Waals surface area contributed by atoms with Crippen molar-refractivity contribution in [2.24, 2.45) is 11.3 Å². The van der Waals surface area contributed by atoms with Crippen molar-refractivity contribution in [2.45, 2.75) is 52.4 Å². The zero-order chi connectivity index (χ0) is 20.5. The molecule has 0 bridgehead atoms. The summed E-state index contributed by atoms with van der Waals surface area (Å²) in [6.45, 7) is 6.60. The average molecular weight is 388 g/mol. The number of halogens is 1. The molecule has 3 rings (SSSR count). The molecule has 0 aromatic heterocycles. The van der Waals surface area contributed by atoms with Crippen molar-refractivity contribution >= 4 is 17.6 Å². The maximum atomic E-state index is 15.1. The molecule has 1 saturated carbocycles. The van der Waals surface area contributed by atoms with Gasteiger partial charge in [-0.25, -0.2) is 4.39 Å². The number of carbonyl (C=O) groups excluding carboxylic acids is 3. The van der Waals surface area contributed by atoms with Gasteiger partial charge in [0.2, 0.25) is 5.91 Å². The molecule has 152 valence electrons. The number of amides is 2. The summed E-state index contributed by atoms with van der Waals surface area (Å²) in [5.41, 5.74) is 0.193. The molecular formula is C22H29FN2O3. The molecule has 1 aliphatic heterocycles. The van der Waals surface area contributed by atoms with Crippen molar-refractivity contribution in [3.05, 3.63) is 35.1 Å². The minimum Gasteiger partial charge on any atom is -0.345 e. The van der Waals surface area contributed by atoms with Crippen LogP contribution in [0.1, 0.15) is 68.3 Å². The smallest absolute Gasteiger partial charge is 0.254 e. The molecule has 1 aliphatic carbocycles. The van der Waals surface area contributed by atoms with Crippen LogP contribution in [0.15, 0.2) is 18.2 Å². The second kappa shape index (κ2) is 8.02. The van der Waals surface area contributed by atoms with E-state index in [1.165, 1.54) is 6.07 Å². The van der Waals surface area contributed by atoms with Gasteiger partial charge < -0.3 is 10.2 Å². The molecule has 1 aromatic rings. The molecule has 0 radical (unpaired) electrons. The fraction of sp³-hybridized carbons (Fsp3) is 0.591. The summed E-state index contributed by atoms with van der Waals surface area (Å²) >= 11 is 0. The molecule has 6 heteroatoms. The van der Waals surface area contributed by atoms with Crippen LogP contribution >= 0.6 is 0 Å². The lowest BCUT2D eigenvalue weighted by molar-refractivity contribution is -0.137. The molecule has 2 fully saturated rings. The van der Waals surface area contributed by atoms with E-state index in [4.69, 9.17) is 0 Å². The Hall–Kier alpha value is -2.24. The number of rotatable bonds is 6. The van der Waals surface area contributed by atoms with Gasteiger partial charge in [0.05, 0.1) is 12.1 Å². The molecule has 1 unspecified atom stereocenters. The van der Waals surface area contributed by atoms with Gasteiger partial charge in [0, 0.05) is 30.3 Å². The Balaban J connectivity index is 1.72. The van der Waals surface area contributed by atoms with E-state index in [2.05, 4.69) is 5.32 Å². The van der Waals surface area contributed by atoms with Crippen molar-refractivity contribution in [1.29, 1.82) is 0 Å². The third-order valence-corrected chi connectivity index (χ3v) is 6.01. The van der Waals surface area contributed by atoms with Crippen molar-refractivity contribution in [1.82, 2.24) is 10.2 Å². The summed E-state index contributed by atoms with van der Waals surface area (Å²) in [5, 5.41) is 2.51. The number of piperidine rings is 1. The van der Waals surface area contributed by atoms with Gasteiger partial charge in [-0.3, -0.25) is 14.4 Å². The number of benzene rings is 1. The highest BCUT2D eigenvalue weighted by molar-refractivity contribution is 5.97. The number of Topliss-reactive ketones (excluding diaryl/α,β-unsaturated/α-hetero) is 1. The Morgan fingerprint density at radius 2 is 2.00 bits per heavy atom. The van der Waals surface area contributed by atoms with Gasteiger partial charge >= 0.3 is 0 Å². The minimum absolute atomic E-state index is 0.0494. The highest BCUT2D eigenvalue weighted by Crippen LogP contribution is 2.47. The molecule has 1 N–H and O–H groups in total. The van der Waals surface area contributed by atoms with Crippen molar-refractivity contribution in [3.8, 4) is 0 Å². The monoisotopic (exact) mass is 388 g/mol. The number of hydrogen-bond acceptors (Lipinski definition) is 3. The van der Waals surface area contributed by atoms with Gasteiger partial charge in [-0.2, -0.15) is 0 Å². The van der Waals surface area contributed by atoms with Crippen LogP contribution in [-0.4, -0.2) is 42.1 Å². The van der Waals surface area contributed by atoms with Crippen LogP contribution in [0.3, 0.4) is 0 Å². The molecule has 1 aromatic carbocycles. The van der Waals surface area contributed by atoms with Crippen LogP contribution in [0, 0.1) is 17.2 Å². The van der Waals surface area contributed by atoms with Gasteiger partial charge in [0.25, 0.3) is 5.91 Å². The van der Waals surface area contributed by atoms with Crippen LogP contribution in [-0.2, 0) is 9.59 Å². The van der Waals surface area contributed by atoms with E-state index in [1.54, 1.807) is 26.0 Å². The van der Waals surface area contributed by atoms with Crippen LogP contribution in [0.25, 0.3) is 0 Å². The Morgan fingerprint density at radius 1 is 1.29 bits per heavy atom. The summed E-state index contributed by atoms with van der Waals surface area (Å²) in [7, 11) is 0. The highest BCUT2D eigenvalue weighted by atomic mass is 19.1. The maximum absolute atomic E-state index is 15.1. The predicted molar refractivity (Wildman–Crippen MR) is 104 cm³/mol. The van der Waals surface area contributed by atoms with Crippen molar-refractivity contribution in [2.75, 3.05) is 19.6 Å². The lowest BCUT2D eigenvalue weighted by atomic mass is 9.88. The first-order valence-corrected chi connectivity index (χ1v) is 10.1. The zero-order valence-corrected chi connectivity index (χ0v) is 16.9. The van der Waals surface area contributed by atoms with Gasteiger partial charge in [-0.1, -0.05) is 32.9 Å². The Morgan fingerprint density at radius 3 is 2.64 bits per heavy atom. The first-order valence-electron chi connectivity index (χ1n) is 10.1. The molecule has 1 saturated heterocycles. The quantitative estimate of drug-likeness (QED) is 0.813. The summed E-state index contributed by atoms with van der Waals surface area (Å²) in [4.78, 5) is 38.6. The predicted octanol–water partition coefficient (Wildman–Crippen LogP) is 3.29. The summed E-state index contributed by atoms with van der Waals surface area (Å²) in [6.07, 6.45) is 3.46. The Labute approximate surface area is 165 Å². The normalized spacial score (nSPS) is 20.8. The maximum Gasteiger partial charge on any atom is 0.254 e. The number of ketones is 1. The van der Waals surface area contributed by atoms with Crippen molar-refractivity contribution < 1.29 is 18.8 Å². The van der Waals surface area contributed by atoms with Gasteiger partial charge in [0.1, 0.15) is 5.82 Å². The van der Waals surface area contributed by atoms with Crippen LogP contribution in [0.4, 0.5) is 4.39 Å². The standard InChI is InChI=1S/C22H29FN2O3/c1-14(2)18(26)12-24-20(27)17-8-4-7-16(19(17)23)15-6-5-11-25(13-15)21(28)22(3)9-10-22/h4,7-8,14-15H,5-6,9-13H2,1-3H3,(H,24,27). The van der Waals surface area contributed by atoms with E-state index in [1.807, 2.05) is 11.8 Å². The van der Waals surface area contributed by atoms with E-state index < -0.39 is 11.7 Å². The lowest BCUT2D eigenvalue weighted by Crippen LogP contribution is -2.42. The highest BCUT2D eigenvalue weighted by Gasteiger charge is 2.47. The number of hydrogen-bond donors (Lipinski definition) is 1. The van der Waals surface area contributed by atoms with Gasteiger partial charge in [0.15, 0.2) is 5.78 Å². The fourth-order valence-electron chi connectivity index (χ4n) is 3.71. The summed E-state index contributed by atoms with van der Waals surface area (Å²) in [5.74, 6) is -1.37. The number of likely N-dealkylation sites (tertiary alicyclic amines) is 1. The van der Waals surface area contributed by atoms with E-state index in [0.29, 0.717) is 18.7 Å². The third-order valence-electron chi connectivity index (χ3n) is 6.01. The number of nitrogens with one attached hydrogen (secondary N) is 1. The van der Waals surface area contributed by atoms with Crippen LogP contribution < -0.4 is 5.32 Å². The zero-order valence-electron chi connectivity index (χ0n) is 16.9. The molecule has 2 amide bonds. The molecule has 5 nitrogen and oxygen atoms in total. The number of nitrogens with zero attached hydrogens (tertiary/aromatic N) is 1. The van der Waals surface area contributed by atoms with E-state index >= 15 is 4.39 Å². The van der Waals surface area contributed by atoms with Gasteiger partial charge in [-0.15, -0.1) is 0 Å². The van der Waals surface area contributed by atoms with E-state index in [-0.39, 0.29) is 41.0 Å². The molecule has 0 spiro atoms. The molecule has 28 heavy (non-hydrogen) atoms. The molecule has 2 aliphatic rings. The second-order valence-corrected chi connectivity index (χ2v) is 8.66. The van der Waals surface area contributed by atoms with Crippen LogP contribution in [0.5, 0.6) is 0 Å². The SMILES string of the molecule is CC(C)C(=O)CNC(=O)c1cccc(C2CCCN(C(=O)C3(C)CC3)C2)c1F. The minimum atomic E-state index is -0.581. The average Bonchev–Trinajstić information content (AvgIpc) is 3.44.